The Hall–Kier alpha value is -3.61. The van der Waals surface area contributed by atoms with E-state index < -0.39 is 5.97 Å². The third-order valence-electron chi connectivity index (χ3n) is 4.24. The number of nitrogens with zero attached hydrogens (tertiary/aromatic N) is 1. The Balaban J connectivity index is 2.01. The largest absolute Gasteiger partial charge is 0.495 e. The number of ether oxygens (including phenoxy) is 2. The summed E-state index contributed by atoms with van der Waals surface area (Å²) in [6.45, 7) is 5.67. The van der Waals surface area contributed by atoms with Crippen LogP contribution in [-0.4, -0.2) is 44.5 Å². The molecule has 2 aromatic rings. The summed E-state index contributed by atoms with van der Waals surface area (Å²) in [5, 5.41) is 2.73. The molecule has 0 heterocycles. The number of ketones is 1. The van der Waals surface area contributed by atoms with Gasteiger partial charge in [0.2, 0.25) is 5.91 Å². The first kappa shape index (κ1) is 22.7. The minimum absolute atomic E-state index is 0.0728. The van der Waals surface area contributed by atoms with Crippen molar-refractivity contribution in [3.63, 3.8) is 0 Å². The fourth-order valence-electron chi connectivity index (χ4n) is 2.84. The van der Waals surface area contributed by atoms with E-state index in [1.165, 1.54) is 6.92 Å². The monoisotopic (exact) mass is 410 g/mol. The number of hydrogen-bond acceptors (Lipinski definition) is 6. The Bertz CT molecular complexity index is 896. The van der Waals surface area contributed by atoms with Crippen molar-refractivity contribution in [1.82, 2.24) is 0 Å². The van der Waals surface area contributed by atoms with Gasteiger partial charge in [0.25, 0.3) is 0 Å². The van der Waals surface area contributed by atoms with Gasteiger partial charge >= 0.3 is 5.97 Å². The molecule has 0 atom stereocenters. The van der Waals surface area contributed by atoms with E-state index in [9.17, 15) is 14.4 Å². The number of rotatable bonds is 11. The average molecular weight is 410 g/mol. The minimum Gasteiger partial charge on any atom is -0.495 e. The van der Waals surface area contributed by atoms with Gasteiger partial charge in [-0.3, -0.25) is 14.4 Å². The molecule has 7 nitrogen and oxygen atoms in total. The first-order valence-corrected chi connectivity index (χ1v) is 9.50. The Morgan fingerprint density at radius 2 is 1.87 bits per heavy atom. The Morgan fingerprint density at radius 3 is 2.50 bits per heavy atom. The Labute approximate surface area is 176 Å². The maximum Gasteiger partial charge on any atom is 0.308 e. The molecule has 0 unspecified atom stereocenters. The van der Waals surface area contributed by atoms with Crippen molar-refractivity contribution < 1.29 is 23.9 Å². The normalized spacial score (nSPS) is 10.1. The van der Waals surface area contributed by atoms with Gasteiger partial charge in [0.1, 0.15) is 5.75 Å². The second-order valence-electron chi connectivity index (χ2n) is 6.50. The van der Waals surface area contributed by atoms with Crippen LogP contribution in [0.5, 0.6) is 5.75 Å². The van der Waals surface area contributed by atoms with Gasteiger partial charge in [-0.25, -0.2) is 0 Å². The molecule has 0 radical (unpaired) electrons. The summed E-state index contributed by atoms with van der Waals surface area (Å²) in [6.07, 6.45) is 1.78. The summed E-state index contributed by atoms with van der Waals surface area (Å²) >= 11 is 0. The van der Waals surface area contributed by atoms with Crippen molar-refractivity contribution in [3.05, 3.63) is 66.7 Å². The predicted molar refractivity (Wildman–Crippen MR) is 116 cm³/mol. The van der Waals surface area contributed by atoms with Crippen LogP contribution in [0.4, 0.5) is 11.4 Å². The van der Waals surface area contributed by atoms with Gasteiger partial charge in [-0.1, -0.05) is 36.4 Å². The van der Waals surface area contributed by atoms with Gasteiger partial charge in [-0.2, -0.15) is 0 Å². The number of methoxy groups -OCH3 is 1. The number of benzene rings is 2. The van der Waals surface area contributed by atoms with Crippen LogP contribution < -0.4 is 15.0 Å². The fraction of sp³-hybridized carbons (Fsp3) is 0.261. The van der Waals surface area contributed by atoms with E-state index >= 15 is 0 Å². The van der Waals surface area contributed by atoms with Crippen LogP contribution in [0.15, 0.2) is 61.2 Å². The molecular formula is C23H26N2O5. The number of esters is 1. The van der Waals surface area contributed by atoms with Crippen molar-refractivity contribution in [2.24, 2.45) is 0 Å². The molecule has 0 aliphatic heterocycles. The molecule has 158 valence electrons. The highest BCUT2D eigenvalue weighted by molar-refractivity contribution is 5.97. The second kappa shape index (κ2) is 11.4. The maximum atomic E-state index is 12.2. The third kappa shape index (κ3) is 6.77. The maximum absolute atomic E-state index is 12.2. The van der Waals surface area contributed by atoms with E-state index in [1.54, 1.807) is 55.7 Å². The molecule has 0 spiro atoms. The average Bonchev–Trinajstić information content (AvgIpc) is 2.75. The van der Waals surface area contributed by atoms with Crippen molar-refractivity contribution in [2.75, 3.05) is 37.0 Å². The molecule has 2 rings (SSSR count). The molecule has 7 heteroatoms. The zero-order valence-electron chi connectivity index (χ0n) is 17.2. The number of nitrogens with one attached hydrogen (secondary N) is 1. The van der Waals surface area contributed by atoms with Gasteiger partial charge in [0.15, 0.2) is 12.4 Å². The molecule has 0 bridgehead atoms. The number of Topliss-reactive ketones (excluding diaryl/α,β-unsaturated/α-hetero) is 1. The highest BCUT2D eigenvalue weighted by Gasteiger charge is 2.16. The van der Waals surface area contributed by atoms with Crippen LogP contribution in [0, 0.1) is 0 Å². The lowest BCUT2D eigenvalue weighted by atomic mass is 10.1. The Kier molecular flexibility index (Phi) is 8.62. The zero-order chi connectivity index (χ0) is 21.9. The quantitative estimate of drug-likeness (QED) is 0.347. The summed E-state index contributed by atoms with van der Waals surface area (Å²) in [5.74, 6) is -0.325. The highest BCUT2D eigenvalue weighted by Crippen LogP contribution is 2.31. The lowest BCUT2D eigenvalue weighted by molar-refractivity contribution is -0.142. The molecule has 30 heavy (non-hydrogen) atoms. The number of carbonyl (C=O) groups is 3. The number of carbonyl (C=O) groups excluding carboxylic acids is 3. The van der Waals surface area contributed by atoms with Crippen LogP contribution in [0.2, 0.25) is 0 Å². The van der Waals surface area contributed by atoms with E-state index in [0.717, 1.165) is 0 Å². The molecule has 0 saturated carbocycles. The number of hydrogen-bond donors (Lipinski definition) is 1. The SMILES string of the molecule is C=CCN(CCC(=O)OCC(=O)c1ccccc1)c1cc(NC(C)=O)ccc1OC. The third-order valence-corrected chi connectivity index (χ3v) is 4.24. The van der Waals surface area contributed by atoms with Crippen LogP contribution in [0.25, 0.3) is 0 Å². The molecule has 1 N–H and O–H groups in total. The molecule has 0 aliphatic carbocycles. The van der Waals surface area contributed by atoms with E-state index in [0.29, 0.717) is 35.8 Å². The first-order chi connectivity index (χ1) is 14.4. The van der Waals surface area contributed by atoms with Crippen LogP contribution in [0.3, 0.4) is 0 Å². The van der Waals surface area contributed by atoms with E-state index in [4.69, 9.17) is 9.47 Å². The molecular weight excluding hydrogens is 384 g/mol. The summed E-state index contributed by atoms with van der Waals surface area (Å²) in [6, 6.07) is 13.9. The molecule has 2 aromatic carbocycles. The highest BCUT2D eigenvalue weighted by atomic mass is 16.5. The van der Waals surface area contributed by atoms with Gasteiger partial charge in [0, 0.05) is 31.3 Å². The van der Waals surface area contributed by atoms with E-state index in [-0.39, 0.29) is 24.7 Å². The summed E-state index contributed by atoms with van der Waals surface area (Å²) in [7, 11) is 1.55. The van der Waals surface area contributed by atoms with E-state index in [2.05, 4.69) is 11.9 Å². The smallest absolute Gasteiger partial charge is 0.308 e. The molecule has 0 aliphatic rings. The standard InChI is InChI=1S/C23H26N2O5/c1-4-13-25(20-15-19(24-17(2)26)10-11-22(20)29-3)14-12-23(28)30-16-21(27)18-8-6-5-7-9-18/h4-11,15H,1,12-14,16H2,2-3H3,(H,24,26). The van der Waals surface area contributed by atoms with Crippen molar-refractivity contribution in [3.8, 4) is 5.75 Å². The molecule has 0 saturated heterocycles. The van der Waals surface area contributed by atoms with Gasteiger partial charge in [-0.05, 0) is 18.2 Å². The van der Waals surface area contributed by atoms with Crippen LogP contribution in [0.1, 0.15) is 23.7 Å². The van der Waals surface area contributed by atoms with Crippen molar-refractivity contribution >= 4 is 29.0 Å². The molecule has 0 aromatic heterocycles. The lowest BCUT2D eigenvalue weighted by Crippen LogP contribution is -2.28. The Morgan fingerprint density at radius 1 is 1.13 bits per heavy atom. The topological polar surface area (TPSA) is 84.9 Å². The number of anilines is 2. The minimum atomic E-state index is -0.481. The van der Waals surface area contributed by atoms with Gasteiger partial charge in [-0.15, -0.1) is 6.58 Å². The van der Waals surface area contributed by atoms with Crippen molar-refractivity contribution in [2.45, 2.75) is 13.3 Å². The fourth-order valence-corrected chi connectivity index (χ4v) is 2.84. The predicted octanol–water partition coefficient (Wildman–Crippen LogP) is 3.46. The van der Waals surface area contributed by atoms with Crippen LogP contribution in [-0.2, 0) is 14.3 Å². The summed E-state index contributed by atoms with van der Waals surface area (Å²) in [4.78, 5) is 37.5. The van der Waals surface area contributed by atoms with Crippen LogP contribution >= 0.6 is 0 Å². The van der Waals surface area contributed by atoms with Gasteiger partial charge in [0.05, 0.1) is 19.2 Å². The number of amides is 1. The lowest BCUT2D eigenvalue weighted by Gasteiger charge is -2.25. The molecule has 0 fully saturated rings. The first-order valence-electron chi connectivity index (χ1n) is 9.50. The van der Waals surface area contributed by atoms with Gasteiger partial charge < -0.3 is 19.7 Å². The van der Waals surface area contributed by atoms with E-state index in [1.807, 2.05) is 11.0 Å². The van der Waals surface area contributed by atoms with Crippen molar-refractivity contribution in [1.29, 1.82) is 0 Å². The zero-order valence-corrected chi connectivity index (χ0v) is 17.2. The second-order valence-corrected chi connectivity index (χ2v) is 6.50. The molecule has 1 amide bonds. The summed E-state index contributed by atoms with van der Waals surface area (Å²) in [5.41, 5.74) is 1.82. The summed E-state index contributed by atoms with van der Waals surface area (Å²) < 4.78 is 10.5.